The number of hydrogen-bond donors (Lipinski definition) is 2. The summed E-state index contributed by atoms with van der Waals surface area (Å²) in [6.45, 7) is 1.85. The molecule has 1 aromatic rings. The molecule has 0 radical (unpaired) electrons. The summed E-state index contributed by atoms with van der Waals surface area (Å²) < 4.78 is 13.5. The van der Waals surface area contributed by atoms with Gasteiger partial charge in [-0.2, -0.15) is 0 Å². The molecule has 0 heterocycles. The second-order valence-corrected chi connectivity index (χ2v) is 4.80. The number of nitrogens with two attached hydrogens (primary N) is 1. The summed E-state index contributed by atoms with van der Waals surface area (Å²) in [5, 5.41) is 2.59. The summed E-state index contributed by atoms with van der Waals surface area (Å²) >= 11 is 0. The lowest BCUT2D eigenvalue weighted by molar-refractivity contribution is -0.121. The van der Waals surface area contributed by atoms with Crippen LogP contribution in [0.3, 0.4) is 0 Å². The van der Waals surface area contributed by atoms with Crippen LogP contribution in [0.1, 0.15) is 31.2 Å². The molecule has 0 atom stereocenters. The van der Waals surface area contributed by atoms with E-state index in [2.05, 4.69) is 5.32 Å². The molecule has 0 spiro atoms. The van der Waals surface area contributed by atoms with Crippen LogP contribution in [0, 0.1) is 12.7 Å². The van der Waals surface area contributed by atoms with Crippen molar-refractivity contribution in [1.82, 2.24) is 0 Å². The molecule has 1 aliphatic carbocycles. The SMILES string of the molecule is Cc1ccc(F)c(NC(=O)C2(N)CCCC2)c1.Cl. The van der Waals surface area contributed by atoms with E-state index in [1.165, 1.54) is 6.07 Å². The van der Waals surface area contributed by atoms with Crippen molar-refractivity contribution < 1.29 is 9.18 Å². The molecule has 18 heavy (non-hydrogen) atoms. The van der Waals surface area contributed by atoms with E-state index >= 15 is 0 Å². The van der Waals surface area contributed by atoms with E-state index in [4.69, 9.17) is 5.73 Å². The van der Waals surface area contributed by atoms with Crippen LogP contribution < -0.4 is 11.1 Å². The minimum Gasteiger partial charge on any atom is -0.322 e. The zero-order valence-corrected chi connectivity index (χ0v) is 11.1. The Hall–Kier alpha value is -1.13. The number of anilines is 1. The van der Waals surface area contributed by atoms with Gasteiger partial charge in [0, 0.05) is 0 Å². The van der Waals surface area contributed by atoms with Gasteiger partial charge in [-0.3, -0.25) is 4.79 Å². The number of hydrogen-bond acceptors (Lipinski definition) is 2. The summed E-state index contributed by atoms with van der Waals surface area (Å²) in [6, 6.07) is 4.63. The molecule has 1 aliphatic rings. The third-order valence-electron chi connectivity index (χ3n) is 3.32. The van der Waals surface area contributed by atoms with E-state index in [0.29, 0.717) is 12.8 Å². The molecular weight excluding hydrogens is 255 g/mol. The Balaban J connectivity index is 0.00000162. The smallest absolute Gasteiger partial charge is 0.244 e. The maximum Gasteiger partial charge on any atom is 0.244 e. The Morgan fingerprint density at radius 3 is 2.61 bits per heavy atom. The average Bonchev–Trinajstić information content (AvgIpc) is 2.72. The van der Waals surface area contributed by atoms with Crippen LogP contribution in [-0.4, -0.2) is 11.4 Å². The van der Waals surface area contributed by atoms with Gasteiger partial charge in [-0.15, -0.1) is 12.4 Å². The maximum absolute atomic E-state index is 13.5. The van der Waals surface area contributed by atoms with Gasteiger partial charge in [-0.25, -0.2) is 4.39 Å². The van der Waals surface area contributed by atoms with Gasteiger partial charge in [-0.05, 0) is 37.5 Å². The monoisotopic (exact) mass is 272 g/mol. The first-order valence-corrected chi connectivity index (χ1v) is 5.88. The van der Waals surface area contributed by atoms with Crippen LogP contribution in [0.15, 0.2) is 18.2 Å². The zero-order chi connectivity index (χ0) is 12.5. The van der Waals surface area contributed by atoms with Crippen molar-refractivity contribution in [3.05, 3.63) is 29.6 Å². The molecule has 0 aliphatic heterocycles. The number of nitrogens with one attached hydrogen (secondary N) is 1. The predicted octanol–water partition coefficient (Wildman–Crippen LogP) is 2.77. The minimum absolute atomic E-state index is 0. The predicted molar refractivity (Wildman–Crippen MR) is 72.4 cm³/mol. The lowest BCUT2D eigenvalue weighted by Gasteiger charge is -2.22. The summed E-state index contributed by atoms with van der Waals surface area (Å²) in [5.74, 6) is -0.704. The van der Waals surface area contributed by atoms with Crippen molar-refractivity contribution in [2.45, 2.75) is 38.1 Å². The molecule has 3 nitrogen and oxygen atoms in total. The van der Waals surface area contributed by atoms with Gasteiger partial charge in [-0.1, -0.05) is 18.9 Å². The summed E-state index contributed by atoms with van der Waals surface area (Å²) in [6.07, 6.45) is 3.26. The van der Waals surface area contributed by atoms with Crippen LogP contribution in [0.4, 0.5) is 10.1 Å². The van der Waals surface area contributed by atoms with E-state index in [0.717, 1.165) is 18.4 Å². The first-order valence-electron chi connectivity index (χ1n) is 5.88. The largest absolute Gasteiger partial charge is 0.322 e. The Morgan fingerprint density at radius 1 is 1.39 bits per heavy atom. The third-order valence-corrected chi connectivity index (χ3v) is 3.32. The van der Waals surface area contributed by atoms with Gasteiger partial charge in [0.25, 0.3) is 0 Å². The van der Waals surface area contributed by atoms with Crippen molar-refractivity contribution >= 4 is 24.0 Å². The molecule has 1 aromatic carbocycles. The summed E-state index contributed by atoms with van der Waals surface area (Å²) in [4.78, 5) is 12.0. The fraction of sp³-hybridized carbons (Fsp3) is 0.462. The molecule has 0 aromatic heterocycles. The van der Waals surface area contributed by atoms with Crippen LogP contribution in [-0.2, 0) is 4.79 Å². The van der Waals surface area contributed by atoms with Crippen LogP contribution in [0.2, 0.25) is 0 Å². The molecule has 1 amide bonds. The second-order valence-electron chi connectivity index (χ2n) is 4.80. The maximum atomic E-state index is 13.5. The van der Waals surface area contributed by atoms with Crippen LogP contribution in [0.5, 0.6) is 0 Å². The molecule has 0 saturated heterocycles. The first kappa shape index (κ1) is 14.9. The fourth-order valence-corrected chi connectivity index (χ4v) is 2.21. The van der Waals surface area contributed by atoms with E-state index in [1.54, 1.807) is 12.1 Å². The average molecular weight is 273 g/mol. The molecule has 1 fully saturated rings. The van der Waals surface area contributed by atoms with E-state index in [-0.39, 0.29) is 24.0 Å². The third kappa shape index (κ3) is 3.00. The second kappa shape index (κ2) is 5.67. The number of carbonyl (C=O) groups excluding carboxylic acids is 1. The molecular formula is C13H18ClFN2O. The number of benzene rings is 1. The van der Waals surface area contributed by atoms with E-state index < -0.39 is 11.4 Å². The van der Waals surface area contributed by atoms with Gasteiger partial charge in [0.2, 0.25) is 5.91 Å². The number of halogens is 2. The number of rotatable bonds is 2. The Labute approximate surface area is 112 Å². The Kier molecular flexibility index (Phi) is 4.71. The quantitative estimate of drug-likeness (QED) is 0.870. The zero-order valence-electron chi connectivity index (χ0n) is 10.3. The minimum atomic E-state index is -0.823. The molecule has 100 valence electrons. The molecule has 2 rings (SSSR count). The highest BCUT2D eigenvalue weighted by Gasteiger charge is 2.37. The molecule has 5 heteroatoms. The highest BCUT2D eigenvalue weighted by molar-refractivity contribution is 5.98. The topological polar surface area (TPSA) is 55.1 Å². The van der Waals surface area contributed by atoms with Crippen molar-refractivity contribution in [2.24, 2.45) is 5.73 Å². The fourth-order valence-electron chi connectivity index (χ4n) is 2.21. The lowest BCUT2D eigenvalue weighted by atomic mass is 9.98. The van der Waals surface area contributed by atoms with Crippen molar-refractivity contribution in [3.8, 4) is 0 Å². The van der Waals surface area contributed by atoms with Gasteiger partial charge < -0.3 is 11.1 Å². The normalized spacial score (nSPS) is 17.1. The van der Waals surface area contributed by atoms with E-state index in [1.807, 2.05) is 6.92 Å². The van der Waals surface area contributed by atoms with E-state index in [9.17, 15) is 9.18 Å². The Morgan fingerprint density at radius 2 is 2.00 bits per heavy atom. The molecule has 0 bridgehead atoms. The molecule has 3 N–H and O–H groups in total. The van der Waals surface area contributed by atoms with Crippen molar-refractivity contribution in [3.63, 3.8) is 0 Å². The summed E-state index contributed by atoms with van der Waals surface area (Å²) in [5.41, 5.74) is 6.30. The number of carbonyl (C=O) groups is 1. The number of aryl methyl sites for hydroxylation is 1. The number of amides is 1. The van der Waals surface area contributed by atoms with Gasteiger partial charge in [0.15, 0.2) is 0 Å². The highest BCUT2D eigenvalue weighted by atomic mass is 35.5. The lowest BCUT2D eigenvalue weighted by Crippen LogP contribution is -2.48. The van der Waals surface area contributed by atoms with Crippen molar-refractivity contribution in [1.29, 1.82) is 0 Å². The first-order chi connectivity index (χ1) is 8.01. The Bertz CT molecular complexity index is 445. The van der Waals surface area contributed by atoms with Crippen molar-refractivity contribution in [2.75, 3.05) is 5.32 Å². The van der Waals surface area contributed by atoms with Crippen LogP contribution in [0.25, 0.3) is 0 Å². The summed E-state index contributed by atoms with van der Waals surface area (Å²) in [7, 11) is 0. The standard InChI is InChI=1S/C13H17FN2O.ClH/c1-9-4-5-10(14)11(8-9)16-12(17)13(15)6-2-3-7-13;/h4-5,8H,2-3,6-7,15H2,1H3,(H,16,17);1H. The highest BCUT2D eigenvalue weighted by Crippen LogP contribution is 2.29. The van der Waals surface area contributed by atoms with Gasteiger partial charge >= 0.3 is 0 Å². The molecule has 0 unspecified atom stereocenters. The van der Waals surface area contributed by atoms with Crippen LogP contribution >= 0.6 is 12.4 Å². The van der Waals surface area contributed by atoms with Gasteiger partial charge in [0.05, 0.1) is 11.2 Å². The van der Waals surface area contributed by atoms with Gasteiger partial charge in [0.1, 0.15) is 5.82 Å². The molecule has 1 saturated carbocycles.